The summed E-state index contributed by atoms with van der Waals surface area (Å²) in [7, 11) is 1.62. The SMILES string of the molecule is COCC[C@]1(C(=O)Nc2cccc(C)c2)CCN(C(=O)OC(C)(C)C)C1. The normalized spacial score (nSPS) is 20.1. The van der Waals surface area contributed by atoms with Crippen LogP contribution in [-0.2, 0) is 14.3 Å². The first kappa shape index (κ1) is 20.2. The molecule has 0 saturated carbocycles. The molecule has 1 aliphatic heterocycles. The Kier molecular flexibility index (Phi) is 6.29. The molecular formula is C20H30N2O4. The van der Waals surface area contributed by atoms with Gasteiger partial charge >= 0.3 is 6.09 Å². The van der Waals surface area contributed by atoms with Crippen molar-refractivity contribution in [3.63, 3.8) is 0 Å². The van der Waals surface area contributed by atoms with Gasteiger partial charge in [0.05, 0.1) is 5.41 Å². The number of likely N-dealkylation sites (tertiary alicyclic amines) is 1. The lowest BCUT2D eigenvalue weighted by molar-refractivity contribution is -0.126. The Labute approximate surface area is 155 Å². The molecule has 1 fully saturated rings. The smallest absolute Gasteiger partial charge is 0.410 e. The molecule has 1 atom stereocenters. The van der Waals surface area contributed by atoms with Gasteiger partial charge in [0.2, 0.25) is 5.91 Å². The van der Waals surface area contributed by atoms with Crippen LogP contribution in [0.25, 0.3) is 0 Å². The molecule has 6 heteroatoms. The Balaban J connectivity index is 2.13. The van der Waals surface area contributed by atoms with Gasteiger partial charge in [-0.25, -0.2) is 4.79 Å². The number of carbonyl (C=O) groups is 2. The Bertz CT molecular complexity index is 653. The first-order valence-electron chi connectivity index (χ1n) is 9.00. The van der Waals surface area contributed by atoms with Gasteiger partial charge in [0.1, 0.15) is 5.60 Å². The number of carbonyl (C=O) groups excluding carboxylic acids is 2. The third kappa shape index (κ3) is 5.21. The Morgan fingerprint density at radius 2 is 2.04 bits per heavy atom. The molecule has 0 spiro atoms. The van der Waals surface area contributed by atoms with E-state index < -0.39 is 11.0 Å². The molecule has 0 unspecified atom stereocenters. The summed E-state index contributed by atoms with van der Waals surface area (Å²) in [5, 5.41) is 3.01. The van der Waals surface area contributed by atoms with E-state index in [1.165, 1.54) is 0 Å². The van der Waals surface area contributed by atoms with Crippen LogP contribution in [-0.4, -0.2) is 49.3 Å². The summed E-state index contributed by atoms with van der Waals surface area (Å²) >= 11 is 0. The van der Waals surface area contributed by atoms with Gasteiger partial charge in [-0.05, 0) is 58.2 Å². The molecule has 1 aromatic rings. The van der Waals surface area contributed by atoms with Crippen molar-refractivity contribution in [3.05, 3.63) is 29.8 Å². The van der Waals surface area contributed by atoms with Crippen molar-refractivity contribution < 1.29 is 19.1 Å². The van der Waals surface area contributed by atoms with Gasteiger partial charge in [0.25, 0.3) is 0 Å². The highest BCUT2D eigenvalue weighted by Gasteiger charge is 2.46. The van der Waals surface area contributed by atoms with E-state index in [0.717, 1.165) is 11.3 Å². The van der Waals surface area contributed by atoms with Crippen LogP contribution in [0.3, 0.4) is 0 Å². The molecule has 1 heterocycles. The number of hydrogen-bond donors (Lipinski definition) is 1. The molecule has 0 aliphatic carbocycles. The predicted octanol–water partition coefficient (Wildman–Crippen LogP) is 3.60. The number of aryl methyl sites for hydroxylation is 1. The van der Waals surface area contributed by atoms with E-state index in [9.17, 15) is 9.59 Å². The number of hydrogen-bond acceptors (Lipinski definition) is 4. The van der Waals surface area contributed by atoms with Crippen LogP contribution in [0.1, 0.15) is 39.2 Å². The van der Waals surface area contributed by atoms with Crippen LogP contribution >= 0.6 is 0 Å². The molecule has 1 aliphatic rings. The highest BCUT2D eigenvalue weighted by molar-refractivity contribution is 5.96. The molecule has 1 N–H and O–H groups in total. The van der Waals surface area contributed by atoms with Gasteiger partial charge < -0.3 is 19.7 Å². The van der Waals surface area contributed by atoms with Crippen molar-refractivity contribution in [2.45, 2.75) is 46.1 Å². The van der Waals surface area contributed by atoms with Crippen LogP contribution < -0.4 is 5.32 Å². The van der Waals surface area contributed by atoms with E-state index in [2.05, 4.69) is 5.32 Å². The third-order valence-corrected chi connectivity index (χ3v) is 4.55. The predicted molar refractivity (Wildman–Crippen MR) is 101 cm³/mol. The minimum Gasteiger partial charge on any atom is -0.444 e. The van der Waals surface area contributed by atoms with E-state index >= 15 is 0 Å². The van der Waals surface area contributed by atoms with Crippen molar-refractivity contribution in [1.82, 2.24) is 4.90 Å². The van der Waals surface area contributed by atoms with E-state index in [1.54, 1.807) is 12.0 Å². The van der Waals surface area contributed by atoms with E-state index in [0.29, 0.717) is 32.5 Å². The van der Waals surface area contributed by atoms with Crippen LogP contribution in [0, 0.1) is 12.3 Å². The molecule has 0 aromatic heterocycles. The highest BCUT2D eigenvalue weighted by Crippen LogP contribution is 2.36. The second-order valence-electron chi connectivity index (χ2n) is 8.00. The first-order chi connectivity index (χ1) is 12.1. The van der Waals surface area contributed by atoms with Gasteiger partial charge in [-0.3, -0.25) is 4.79 Å². The van der Waals surface area contributed by atoms with Crippen LogP contribution in [0.2, 0.25) is 0 Å². The highest BCUT2D eigenvalue weighted by atomic mass is 16.6. The summed E-state index contributed by atoms with van der Waals surface area (Å²) in [5.41, 5.74) is 0.619. The summed E-state index contributed by atoms with van der Waals surface area (Å²) < 4.78 is 10.7. The second kappa shape index (κ2) is 8.08. The summed E-state index contributed by atoms with van der Waals surface area (Å²) in [5.74, 6) is -0.0776. The summed E-state index contributed by atoms with van der Waals surface area (Å²) in [6.45, 7) is 8.79. The number of ether oxygens (including phenoxy) is 2. The van der Waals surface area contributed by atoms with Crippen LogP contribution in [0.5, 0.6) is 0 Å². The number of nitrogens with one attached hydrogen (secondary N) is 1. The average Bonchev–Trinajstić information content (AvgIpc) is 2.97. The van der Waals surface area contributed by atoms with Crippen molar-refractivity contribution >= 4 is 17.7 Å². The minimum absolute atomic E-state index is 0.0776. The van der Waals surface area contributed by atoms with Crippen molar-refractivity contribution in [1.29, 1.82) is 0 Å². The quantitative estimate of drug-likeness (QED) is 0.869. The van der Waals surface area contributed by atoms with Crippen molar-refractivity contribution in [3.8, 4) is 0 Å². The fraction of sp³-hybridized carbons (Fsp3) is 0.600. The lowest BCUT2D eigenvalue weighted by Crippen LogP contribution is -2.42. The summed E-state index contributed by atoms with van der Waals surface area (Å²) in [6, 6.07) is 7.70. The molecule has 2 amide bonds. The van der Waals surface area contributed by atoms with Gasteiger partial charge in [0, 0.05) is 32.5 Å². The van der Waals surface area contributed by atoms with Crippen molar-refractivity contribution in [2.75, 3.05) is 32.1 Å². The maximum Gasteiger partial charge on any atom is 0.410 e. The molecule has 1 saturated heterocycles. The average molecular weight is 362 g/mol. The molecule has 1 aromatic carbocycles. The Hall–Kier alpha value is -2.08. The first-order valence-corrected chi connectivity index (χ1v) is 9.00. The number of anilines is 1. The van der Waals surface area contributed by atoms with Gasteiger partial charge in [-0.2, -0.15) is 0 Å². The molecule has 6 nitrogen and oxygen atoms in total. The number of methoxy groups -OCH3 is 1. The molecule has 0 bridgehead atoms. The monoisotopic (exact) mass is 362 g/mol. The van der Waals surface area contributed by atoms with Crippen LogP contribution in [0.15, 0.2) is 24.3 Å². The molecule has 26 heavy (non-hydrogen) atoms. The zero-order chi connectivity index (χ0) is 19.4. The fourth-order valence-electron chi connectivity index (χ4n) is 3.14. The zero-order valence-corrected chi connectivity index (χ0v) is 16.4. The van der Waals surface area contributed by atoms with E-state index in [-0.39, 0.29) is 12.0 Å². The lowest BCUT2D eigenvalue weighted by atomic mass is 9.82. The van der Waals surface area contributed by atoms with Gasteiger partial charge in [-0.15, -0.1) is 0 Å². The van der Waals surface area contributed by atoms with Crippen molar-refractivity contribution in [2.24, 2.45) is 5.41 Å². The number of benzene rings is 1. The van der Waals surface area contributed by atoms with E-state index in [4.69, 9.17) is 9.47 Å². The largest absolute Gasteiger partial charge is 0.444 e. The maximum atomic E-state index is 13.1. The van der Waals surface area contributed by atoms with E-state index in [1.807, 2.05) is 52.0 Å². The third-order valence-electron chi connectivity index (χ3n) is 4.55. The van der Waals surface area contributed by atoms with Gasteiger partial charge in [-0.1, -0.05) is 12.1 Å². The number of rotatable bonds is 5. The standard InChI is InChI=1S/C20H30N2O4/c1-15-7-6-8-16(13-15)21-17(23)20(10-12-25-5)9-11-22(14-20)18(24)26-19(2,3)4/h6-8,13H,9-12,14H2,1-5H3,(H,21,23)/t20-/m1/s1. The molecule has 144 valence electrons. The fourth-order valence-corrected chi connectivity index (χ4v) is 3.14. The molecule has 2 rings (SSSR count). The minimum atomic E-state index is -0.670. The maximum absolute atomic E-state index is 13.1. The molecule has 0 radical (unpaired) electrons. The topological polar surface area (TPSA) is 67.9 Å². The molecular weight excluding hydrogens is 332 g/mol. The summed E-state index contributed by atoms with van der Waals surface area (Å²) in [4.78, 5) is 27.1. The number of amides is 2. The second-order valence-corrected chi connectivity index (χ2v) is 8.00. The van der Waals surface area contributed by atoms with Gasteiger partial charge in [0.15, 0.2) is 0 Å². The summed E-state index contributed by atoms with van der Waals surface area (Å²) in [6.07, 6.45) is 0.772. The lowest BCUT2D eigenvalue weighted by Gasteiger charge is -2.29. The number of nitrogens with zero attached hydrogens (tertiary/aromatic N) is 1. The Morgan fingerprint density at radius 1 is 1.31 bits per heavy atom. The zero-order valence-electron chi connectivity index (χ0n) is 16.4. The Morgan fingerprint density at radius 3 is 2.65 bits per heavy atom. The van der Waals surface area contributed by atoms with Crippen LogP contribution in [0.4, 0.5) is 10.5 Å².